The van der Waals surface area contributed by atoms with E-state index in [2.05, 4.69) is 50.0 Å². The first-order valence-electron chi connectivity index (χ1n) is 7.59. The second kappa shape index (κ2) is 6.35. The minimum atomic E-state index is -0.210. The second-order valence-corrected chi connectivity index (χ2v) is 6.19. The molecule has 1 heterocycles. The summed E-state index contributed by atoms with van der Waals surface area (Å²) in [6.45, 7) is 8.46. The second-order valence-electron chi connectivity index (χ2n) is 6.19. The summed E-state index contributed by atoms with van der Waals surface area (Å²) in [4.78, 5) is 9.44. The summed E-state index contributed by atoms with van der Waals surface area (Å²) in [6, 6.07) is 12.6. The summed E-state index contributed by atoms with van der Waals surface area (Å²) >= 11 is 0. The minimum absolute atomic E-state index is 0.159. The normalized spacial score (nSPS) is 13.2. The molecule has 0 spiro atoms. The Labute approximate surface area is 127 Å². The predicted octanol–water partition coefficient (Wildman–Crippen LogP) is 3.39. The number of nitrogens with two attached hydrogens (primary N) is 1. The Morgan fingerprint density at radius 1 is 1.14 bits per heavy atom. The quantitative estimate of drug-likeness (QED) is 0.915. The van der Waals surface area contributed by atoms with Crippen molar-refractivity contribution in [1.29, 1.82) is 0 Å². The summed E-state index contributed by atoms with van der Waals surface area (Å²) in [5, 5.41) is 0. The van der Waals surface area contributed by atoms with E-state index >= 15 is 0 Å². The maximum Gasteiger partial charge on any atom is 0.138 e. The van der Waals surface area contributed by atoms with Crippen molar-refractivity contribution in [3.8, 4) is 0 Å². The average molecular weight is 283 g/mol. The summed E-state index contributed by atoms with van der Waals surface area (Å²) in [7, 11) is 0. The number of hydrogen-bond acceptors (Lipinski definition) is 3. The van der Waals surface area contributed by atoms with Gasteiger partial charge in [-0.25, -0.2) is 9.97 Å². The SMILES string of the molecule is CCC(N)Cc1cc(C)nc(C(C)(C)c2ccccc2)n1. The molecule has 1 aromatic carbocycles. The topological polar surface area (TPSA) is 51.8 Å². The molecule has 3 nitrogen and oxygen atoms in total. The number of hydrogen-bond donors (Lipinski definition) is 1. The maximum atomic E-state index is 6.06. The van der Waals surface area contributed by atoms with E-state index in [9.17, 15) is 0 Å². The zero-order valence-corrected chi connectivity index (χ0v) is 13.4. The highest BCUT2D eigenvalue weighted by molar-refractivity contribution is 5.31. The Kier molecular flexibility index (Phi) is 4.73. The Balaban J connectivity index is 2.39. The summed E-state index contributed by atoms with van der Waals surface area (Å²) < 4.78 is 0. The molecule has 0 saturated carbocycles. The minimum Gasteiger partial charge on any atom is -0.327 e. The largest absolute Gasteiger partial charge is 0.327 e. The smallest absolute Gasteiger partial charge is 0.138 e. The van der Waals surface area contributed by atoms with Crippen LogP contribution in [-0.4, -0.2) is 16.0 Å². The number of aryl methyl sites for hydroxylation is 1. The van der Waals surface area contributed by atoms with Gasteiger partial charge in [0.25, 0.3) is 0 Å². The third-order valence-electron chi connectivity index (χ3n) is 3.96. The van der Waals surface area contributed by atoms with Crippen LogP contribution < -0.4 is 5.73 Å². The van der Waals surface area contributed by atoms with E-state index in [1.807, 2.05) is 19.1 Å². The standard InChI is InChI=1S/C18H25N3/c1-5-15(19)12-16-11-13(2)20-17(21-16)18(3,4)14-9-7-6-8-10-14/h6-11,15H,5,12,19H2,1-4H3. The van der Waals surface area contributed by atoms with Crippen molar-refractivity contribution in [3.63, 3.8) is 0 Å². The van der Waals surface area contributed by atoms with Gasteiger partial charge in [-0.15, -0.1) is 0 Å². The van der Waals surface area contributed by atoms with Crippen molar-refractivity contribution in [2.24, 2.45) is 5.73 Å². The van der Waals surface area contributed by atoms with E-state index in [1.54, 1.807) is 0 Å². The Bertz CT molecular complexity index is 591. The lowest BCUT2D eigenvalue weighted by molar-refractivity contribution is 0.571. The average Bonchev–Trinajstić information content (AvgIpc) is 2.47. The molecule has 1 aromatic heterocycles. The first-order valence-corrected chi connectivity index (χ1v) is 7.59. The highest BCUT2D eigenvalue weighted by Crippen LogP contribution is 2.29. The summed E-state index contributed by atoms with van der Waals surface area (Å²) in [5.41, 5.74) is 9.12. The fraction of sp³-hybridized carbons (Fsp3) is 0.444. The van der Waals surface area contributed by atoms with Crippen molar-refractivity contribution in [2.45, 2.75) is 52.0 Å². The Hall–Kier alpha value is -1.74. The van der Waals surface area contributed by atoms with Crippen LogP contribution in [0, 0.1) is 6.92 Å². The van der Waals surface area contributed by atoms with Crippen molar-refractivity contribution in [3.05, 3.63) is 59.2 Å². The lowest BCUT2D eigenvalue weighted by Gasteiger charge is -2.24. The highest BCUT2D eigenvalue weighted by Gasteiger charge is 2.26. The van der Waals surface area contributed by atoms with E-state index in [4.69, 9.17) is 10.7 Å². The van der Waals surface area contributed by atoms with Gasteiger partial charge in [-0.3, -0.25) is 0 Å². The van der Waals surface area contributed by atoms with Crippen LogP contribution in [0.3, 0.4) is 0 Å². The molecule has 0 saturated heterocycles. The molecule has 112 valence electrons. The number of benzene rings is 1. The van der Waals surface area contributed by atoms with Crippen LogP contribution in [0.25, 0.3) is 0 Å². The Morgan fingerprint density at radius 2 is 1.81 bits per heavy atom. The van der Waals surface area contributed by atoms with Crippen LogP contribution >= 0.6 is 0 Å². The Morgan fingerprint density at radius 3 is 2.43 bits per heavy atom. The van der Waals surface area contributed by atoms with Crippen molar-refractivity contribution >= 4 is 0 Å². The lowest BCUT2D eigenvalue weighted by Crippen LogP contribution is -2.26. The molecule has 1 unspecified atom stereocenters. The zero-order chi connectivity index (χ0) is 15.5. The van der Waals surface area contributed by atoms with Gasteiger partial charge in [0, 0.05) is 29.3 Å². The molecule has 0 amide bonds. The molecule has 0 aliphatic heterocycles. The summed E-state index contributed by atoms with van der Waals surface area (Å²) in [6.07, 6.45) is 1.76. The van der Waals surface area contributed by atoms with Gasteiger partial charge in [0.15, 0.2) is 0 Å². The van der Waals surface area contributed by atoms with E-state index in [0.717, 1.165) is 30.1 Å². The molecule has 2 aromatic rings. The van der Waals surface area contributed by atoms with Crippen LogP contribution in [0.1, 0.15) is 50.0 Å². The van der Waals surface area contributed by atoms with Crippen molar-refractivity contribution in [1.82, 2.24) is 9.97 Å². The molecule has 1 atom stereocenters. The molecule has 0 aliphatic rings. The van der Waals surface area contributed by atoms with Gasteiger partial charge in [-0.2, -0.15) is 0 Å². The monoisotopic (exact) mass is 283 g/mol. The molecule has 0 radical (unpaired) electrons. The molecule has 0 fully saturated rings. The molecule has 0 bridgehead atoms. The molecule has 3 heteroatoms. The van der Waals surface area contributed by atoms with Crippen LogP contribution in [0.2, 0.25) is 0 Å². The molecule has 2 N–H and O–H groups in total. The van der Waals surface area contributed by atoms with Gasteiger partial charge in [-0.1, -0.05) is 37.3 Å². The molecular weight excluding hydrogens is 258 g/mol. The van der Waals surface area contributed by atoms with Crippen LogP contribution in [-0.2, 0) is 11.8 Å². The first-order chi connectivity index (χ1) is 9.93. The van der Waals surface area contributed by atoms with Crippen molar-refractivity contribution < 1.29 is 0 Å². The fourth-order valence-corrected chi connectivity index (χ4v) is 2.41. The van der Waals surface area contributed by atoms with Gasteiger partial charge in [-0.05, 0) is 38.8 Å². The number of aromatic nitrogens is 2. The number of nitrogens with zero attached hydrogens (tertiary/aromatic N) is 2. The van der Waals surface area contributed by atoms with Gasteiger partial charge < -0.3 is 5.73 Å². The van der Waals surface area contributed by atoms with Crippen molar-refractivity contribution in [2.75, 3.05) is 0 Å². The van der Waals surface area contributed by atoms with E-state index in [0.29, 0.717) is 0 Å². The molecule has 2 rings (SSSR count). The van der Waals surface area contributed by atoms with Crippen LogP contribution in [0.15, 0.2) is 36.4 Å². The van der Waals surface area contributed by atoms with Crippen LogP contribution in [0.4, 0.5) is 0 Å². The van der Waals surface area contributed by atoms with Gasteiger partial charge in [0.2, 0.25) is 0 Å². The van der Waals surface area contributed by atoms with Crippen LogP contribution in [0.5, 0.6) is 0 Å². The highest BCUT2D eigenvalue weighted by atomic mass is 14.9. The molecule has 0 aliphatic carbocycles. The van der Waals surface area contributed by atoms with Gasteiger partial charge >= 0.3 is 0 Å². The third-order valence-corrected chi connectivity index (χ3v) is 3.96. The van der Waals surface area contributed by atoms with E-state index < -0.39 is 0 Å². The fourth-order valence-electron chi connectivity index (χ4n) is 2.41. The van der Waals surface area contributed by atoms with E-state index in [1.165, 1.54) is 5.56 Å². The number of rotatable bonds is 5. The van der Waals surface area contributed by atoms with Gasteiger partial charge in [0.1, 0.15) is 5.82 Å². The maximum absolute atomic E-state index is 6.06. The molecule has 21 heavy (non-hydrogen) atoms. The summed E-state index contributed by atoms with van der Waals surface area (Å²) in [5.74, 6) is 0.868. The predicted molar refractivity (Wildman–Crippen MR) is 87.3 cm³/mol. The zero-order valence-electron chi connectivity index (χ0n) is 13.4. The third kappa shape index (κ3) is 3.67. The van der Waals surface area contributed by atoms with Gasteiger partial charge in [0.05, 0.1) is 0 Å². The van der Waals surface area contributed by atoms with E-state index in [-0.39, 0.29) is 11.5 Å². The molecular formula is C18H25N3. The lowest BCUT2D eigenvalue weighted by atomic mass is 9.83. The first kappa shape index (κ1) is 15.6.